The molecule has 3 N–H and O–H groups in total. The van der Waals surface area contributed by atoms with Crippen molar-refractivity contribution in [3.63, 3.8) is 0 Å². The minimum atomic E-state index is -0.838. The molecule has 1 aliphatic carbocycles. The van der Waals surface area contributed by atoms with Crippen molar-refractivity contribution < 1.29 is 19.1 Å². The number of nitrogens with one attached hydrogen (secondary N) is 1. The summed E-state index contributed by atoms with van der Waals surface area (Å²) in [5.41, 5.74) is 6.05. The zero-order chi connectivity index (χ0) is 22.3. The maximum absolute atomic E-state index is 12.9. The van der Waals surface area contributed by atoms with E-state index in [0.29, 0.717) is 6.42 Å². The summed E-state index contributed by atoms with van der Waals surface area (Å²) < 4.78 is 5.51. The molecule has 1 saturated carbocycles. The Morgan fingerprint density at radius 2 is 1.77 bits per heavy atom. The molecule has 1 fully saturated rings. The molecule has 0 aliphatic heterocycles. The number of hydrogen-bond donors (Lipinski definition) is 2. The maximum atomic E-state index is 12.9. The molecule has 7 nitrogen and oxygen atoms in total. The highest BCUT2D eigenvalue weighted by Gasteiger charge is 2.32. The first kappa shape index (κ1) is 23.9. The lowest BCUT2D eigenvalue weighted by molar-refractivity contribution is -0.158. The van der Waals surface area contributed by atoms with Crippen LogP contribution in [0.2, 0.25) is 0 Å². The average molecular weight is 418 g/mol. The van der Waals surface area contributed by atoms with Crippen LogP contribution in [0.1, 0.15) is 58.9 Å². The highest BCUT2D eigenvalue weighted by Crippen LogP contribution is 2.24. The van der Waals surface area contributed by atoms with Crippen LogP contribution in [0.25, 0.3) is 0 Å². The molecular weight excluding hydrogens is 382 g/mol. The second-order valence-corrected chi connectivity index (χ2v) is 9.04. The van der Waals surface area contributed by atoms with Crippen LogP contribution in [0.5, 0.6) is 0 Å². The van der Waals surface area contributed by atoms with Crippen LogP contribution in [0, 0.1) is 0 Å². The van der Waals surface area contributed by atoms with Gasteiger partial charge in [-0.25, -0.2) is 4.79 Å². The summed E-state index contributed by atoms with van der Waals surface area (Å²) in [6.45, 7) is 6.88. The van der Waals surface area contributed by atoms with Crippen LogP contribution in [0.15, 0.2) is 30.3 Å². The summed E-state index contributed by atoms with van der Waals surface area (Å²) in [5, 5.41) is 2.79. The van der Waals surface area contributed by atoms with E-state index in [1.165, 1.54) is 0 Å². The Balaban J connectivity index is 2.12. The molecule has 166 valence electrons. The Hall–Kier alpha value is -2.41. The van der Waals surface area contributed by atoms with E-state index in [9.17, 15) is 14.4 Å². The standard InChI is InChI=1S/C23H35N3O4/c1-16(24)21(28)26(18-12-8-9-13-18)15-20(27)25-19(22(29)30-23(2,3)4)14-17-10-6-5-7-11-17/h5-7,10-11,16,18-19H,8-9,12-15,24H2,1-4H3,(H,25,27)/t16-,19-/m0/s1. The predicted molar refractivity (Wildman–Crippen MR) is 116 cm³/mol. The van der Waals surface area contributed by atoms with Gasteiger partial charge in [-0.3, -0.25) is 9.59 Å². The molecule has 2 rings (SSSR count). The van der Waals surface area contributed by atoms with Crippen molar-refractivity contribution >= 4 is 17.8 Å². The molecule has 0 heterocycles. The third-order valence-corrected chi connectivity index (χ3v) is 5.06. The van der Waals surface area contributed by atoms with Crippen LogP contribution < -0.4 is 11.1 Å². The van der Waals surface area contributed by atoms with Crippen molar-refractivity contribution in [2.45, 2.75) is 83.5 Å². The lowest BCUT2D eigenvalue weighted by atomic mass is 10.1. The lowest BCUT2D eigenvalue weighted by Crippen LogP contribution is -2.53. The third kappa shape index (κ3) is 7.44. The zero-order valence-electron chi connectivity index (χ0n) is 18.5. The second-order valence-electron chi connectivity index (χ2n) is 9.04. The van der Waals surface area contributed by atoms with Crippen LogP contribution in [-0.4, -0.2) is 53.0 Å². The summed E-state index contributed by atoms with van der Waals surface area (Å²) in [4.78, 5) is 39.8. The Morgan fingerprint density at radius 1 is 1.17 bits per heavy atom. The maximum Gasteiger partial charge on any atom is 0.329 e. The van der Waals surface area contributed by atoms with Crippen molar-refractivity contribution in [1.82, 2.24) is 10.2 Å². The van der Waals surface area contributed by atoms with E-state index in [2.05, 4.69) is 5.32 Å². The van der Waals surface area contributed by atoms with Crippen LogP contribution in [0.4, 0.5) is 0 Å². The first-order valence-electron chi connectivity index (χ1n) is 10.7. The Labute approximate surface area is 179 Å². The third-order valence-electron chi connectivity index (χ3n) is 5.06. The lowest BCUT2D eigenvalue weighted by Gasteiger charge is -2.31. The quantitative estimate of drug-likeness (QED) is 0.631. The molecule has 0 aromatic heterocycles. The molecule has 2 atom stereocenters. The van der Waals surface area contributed by atoms with Gasteiger partial charge < -0.3 is 20.7 Å². The topological polar surface area (TPSA) is 102 Å². The van der Waals surface area contributed by atoms with Gasteiger partial charge in [0.05, 0.1) is 12.6 Å². The fraction of sp³-hybridized carbons (Fsp3) is 0.609. The summed E-state index contributed by atoms with van der Waals surface area (Å²) >= 11 is 0. The first-order chi connectivity index (χ1) is 14.1. The van der Waals surface area contributed by atoms with E-state index in [1.54, 1.807) is 32.6 Å². The molecule has 0 spiro atoms. The minimum Gasteiger partial charge on any atom is -0.458 e. The largest absolute Gasteiger partial charge is 0.458 e. The first-order valence-corrected chi connectivity index (χ1v) is 10.7. The van der Waals surface area contributed by atoms with E-state index in [1.807, 2.05) is 30.3 Å². The second kappa shape index (κ2) is 10.6. The van der Waals surface area contributed by atoms with Crippen LogP contribution >= 0.6 is 0 Å². The number of ether oxygens (including phenoxy) is 1. The Morgan fingerprint density at radius 3 is 2.30 bits per heavy atom. The number of benzene rings is 1. The highest BCUT2D eigenvalue weighted by atomic mass is 16.6. The fourth-order valence-corrected chi connectivity index (χ4v) is 3.68. The van der Waals surface area contributed by atoms with E-state index >= 15 is 0 Å². The number of carbonyl (C=O) groups excluding carboxylic acids is 3. The highest BCUT2D eigenvalue weighted by molar-refractivity contribution is 5.90. The average Bonchev–Trinajstić information content (AvgIpc) is 3.19. The Bertz CT molecular complexity index is 722. The van der Waals surface area contributed by atoms with Crippen molar-refractivity contribution in [2.24, 2.45) is 5.73 Å². The number of esters is 1. The number of carbonyl (C=O) groups is 3. The molecule has 0 bridgehead atoms. The van der Waals surface area contributed by atoms with Crippen molar-refractivity contribution in [2.75, 3.05) is 6.54 Å². The molecule has 0 saturated heterocycles. The molecule has 1 aliphatic rings. The monoisotopic (exact) mass is 417 g/mol. The summed E-state index contributed by atoms with van der Waals surface area (Å²) in [5.74, 6) is -1.12. The van der Waals surface area contributed by atoms with Gasteiger partial charge in [0.1, 0.15) is 11.6 Å². The molecular formula is C23H35N3O4. The number of rotatable bonds is 8. The van der Waals surface area contributed by atoms with Gasteiger partial charge in [-0.2, -0.15) is 0 Å². The molecule has 30 heavy (non-hydrogen) atoms. The molecule has 0 radical (unpaired) electrons. The van der Waals surface area contributed by atoms with Crippen molar-refractivity contribution in [1.29, 1.82) is 0 Å². The van der Waals surface area contributed by atoms with E-state index in [4.69, 9.17) is 10.5 Å². The molecule has 1 aromatic rings. The zero-order valence-corrected chi connectivity index (χ0v) is 18.5. The minimum absolute atomic E-state index is 0.0170. The molecule has 2 amide bonds. The van der Waals surface area contributed by atoms with Gasteiger partial charge in [0.15, 0.2) is 0 Å². The fourth-order valence-electron chi connectivity index (χ4n) is 3.68. The number of amides is 2. The van der Waals surface area contributed by atoms with E-state index in [0.717, 1.165) is 31.2 Å². The summed E-state index contributed by atoms with van der Waals surface area (Å²) in [7, 11) is 0. The normalized spacial score (nSPS) is 16.6. The van der Waals surface area contributed by atoms with Gasteiger partial charge in [0.25, 0.3) is 0 Å². The van der Waals surface area contributed by atoms with Gasteiger partial charge in [-0.15, -0.1) is 0 Å². The summed E-state index contributed by atoms with van der Waals surface area (Å²) in [6, 6.07) is 7.95. The smallest absolute Gasteiger partial charge is 0.329 e. The van der Waals surface area contributed by atoms with E-state index in [-0.39, 0.29) is 24.4 Å². The van der Waals surface area contributed by atoms with Crippen LogP contribution in [0.3, 0.4) is 0 Å². The van der Waals surface area contributed by atoms with Gasteiger partial charge in [-0.1, -0.05) is 43.2 Å². The molecule has 0 unspecified atom stereocenters. The molecule has 1 aromatic carbocycles. The summed E-state index contributed by atoms with van der Waals surface area (Å²) in [6.07, 6.45) is 4.11. The predicted octanol–water partition coefficient (Wildman–Crippen LogP) is 2.17. The SMILES string of the molecule is C[C@H](N)C(=O)N(CC(=O)N[C@@H](Cc1ccccc1)C(=O)OC(C)(C)C)C1CCCC1. The van der Waals surface area contributed by atoms with Gasteiger partial charge in [0.2, 0.25) is 11.8 Å². The van der Waals surface area contributed by atoms with Gasteiger partial charge >= 0.3 is 5.97 Å². The Kier molecular flexibility index (Phi) is 8.41. The van der Waals surface area contributed by atoms with Crippen molar-refractivity contribution in [3.05, 3.63) is 35.9 Å². The number of nitrogens with zero attached hydrogens (tertiary/aromatic N) is 1. The van der Waals surface area contributed by atoms with Gasteiger partial charge in [0, 0.05) is 12.5 Å². The van der Waals surface area contributed by atoms with E-state index < -0.39 is 23.7 Å². The van der Waals surface area contributed by atoms with Gasteiger partial charge in [-0.05, 0) is 46.1 Å². The van der Waals surface area contributed by atoms with Crippen LogP contribution in [-0.2, 0) is 25.5 Å². The number of hydrogen-bond acceptors (Lipinski definition) is 5. The molecule has 7 heteroatoms. The van der Waals surface area contributed by atoms with Crippen molar-refractivity contribution in [3.8, 4) is 0 Å². The number of nitrogens with two attached hydrogens (primary N) is 1.